The molecule has 0 radical (unpaired) electrons. The third kappa shape index (κ3) is 2.31. The van der Waals surface area contributed by atoms with E-state index in [9.17, 15) is 9.59 Å². The van der Waals surface area contributed by atoms with Crippen LogP contribution >= 0.6 is 11.6 Å². The van der Waals surface area contributed by atoms with Crippen LogP contribution in [0, 0.1) is 39.9 Å². The molecule has 25 heavy (non-hydrogen) atoms. The van der Waals surface area contributed by atoms with Gasteiger partial charge in [0, 0.05) is 35.1 Å². The van der Waals surface area contributed by atoms with Crippen molar-refractivity contribution in [2.45, 2.75) is 51.5 Å². The van der Waals surface area contributed by atoms with Gasteiger partial charge in [-0.15, -0.1) is 0 Å². The molecular weight excluding hydrogens is 334 g/mol. The molecule has 132 valence electrons. The maximum Gasteiger partial charge on any atom is 0.178 e. The van der Waals surface area contributed by atoms with Crippen LogP contribution in [0.25, 0.3) is 0 Å². The lowest BCUT2D eigenvalue weighted by atomic mass is 9.46. The Hall–Kier alpha value is -1.37. The molecule has 4 rings (SSSR count). The van der Waals surface area contributed by atoms with E-state index in [2.05, 4.69) is 18.2 Å². The van der Waals surface area contributed by atoms with Gasteiger partial charge in [0.05, 0.1) is 0 Å². The number of nitrogens with two attached hydrogens (primary N) is 1. The molecule has 2 N–H and O–H groups in total. The minimum absolute atomic E-state index is 0.00931. The number of carbonyl (C=O) groups is 2. The molecule has 6 atom stereocenters. The smallest absolute Gasteiger partial charge is 0.178 e. The Balaban J connectivity index is 1.80. The average molecular weight is 358 g/mol. The van der Waals surface area contributed by atoms with E-state index in [1.807, 2.05) is 6.08 Å². The molecular formula is C21H24ClNO2. The molecule has 0 saturated heterocycles. The molecule has 0 aromatic heterocycles. The van der Waals surface area contributed by atoms with E-state index in [1.165, 1.54) is 0 Å². The van der Waals surface area contributed by atoms with Crippen LogP contribution in [0.2, 0.25) is 0 Å². The zero-order chi connectivity index (χ0) is 17.8. The van der Waals surface area contributed by atoms with Crippen molar-refractivity contribution in [3.8, 4) is 11.3 Å². The predicted octanol–water partition coefficient (Wildman–Crippen LogP) is 3.37. The number of Topliss-reactive ketones (excluding diaryl/α,β-unsaturated/α-hetero) is 1. The number of halogens is 1. The van der Waals surface area contributed by atoms with E-state index in [0.29, 0.717) is 36.4 Å². The summed E-state index contributed by atoms with van der Waals surface area (Å²) >= 11 is 5.67. The molecule has 0 heterocycles. The maximum atomic E-state index is 12.5. The lowest BCUT2D eigenvalue weighted by Crippen LogP contribution is -2.55. The molecule has 0 spiro atoms. The number of hydrogen-bond donors (Lipinski definition) is 1. The number of allylic oxidation sites excluding steroid dienone is 3. The van der Waals surface area contributed by atoms with Gasteiger partial charge in [0.1, 0.15) is 5.78 Å². The fourth-order valence-corrected chi connectivity index (χ4v) is 6.44. The first-order valence-electron chi connectivity index (χ1n) is 9.25. The summed E-state index contributed by atoms with van der Waals surface area (Å²) in [6.07, 6.45) is 10.5. The van der Waals surface area contributed by atoms with Crippen molar-refractivity contribution in [3.63, 3.8) is 0 Å². The van der Waals surface area contributed by atoms with Crippen LogP contribution in [0.5, 0.6) is 0 Å². The van der Waals surface area contributed by atoms with E-state index in [4.69, 9.17) is 17.3 Å². The molecule has 0 aromatic carbocycles. The third-order valence-electron chi connectivity index (χ3n) is 7.56. The molecule has 3 fully saturated rings. The molecule has 0 aliphatic heterocycles. The summed E-state index contributed by atoms with van der Waals surface area (Å²) in [5.74, 6) is 4.67. The Morgan fingerprint density at radius 1 is 1.32 bits per heavy atom. The highest BCUT2D eigenvalue weighted by molar-refractivity contribution is 6.30. The first-order chi connectivity index (χ1) is 11.9. The van der Waals surface area contributed by atoms with E-state index in [-0.39, 0.29) is 22.7 Å². The van der Waals surface area contributed by atoms with E-state index < -0.39 is 0 Å². The molecule has 0 unspecified atom stereocenters. The summed E-state index contributed by atoms with van der Waals surface area (Å²) in [6, 6.07) is -0.148. The van der Waals surface area contributed by atoms with Crippen molar-refractivity contribution in [3.05, 3.63) is 23.8 Å². The summed E-state index contributed by atoms with van der Waals surface area (Å²) in [4.78, 5) is 24.5. The van der Waals surface area contributed by atoms with Gasteiger partial charge in [-0.3, -0.25) is 9.59 Å². The van der Waals surface area contributed by atoms with Crippen molar-refractivity contribution >= 4 is 23.2 Å². The number of hydrogen-bond acceptors (Lipinski definition) is 3. The van der Waals surface area contributed by atoms with Gasteiger partial charge in [-0.2, -0.15) is 0 Å². The van der Waals surface area contributed by atoms with Crippen molar-refractivity contribution in [1.82, 2.24) is 0 Å². The molecule has 4 aliphatic carbocycles. The molecule has 3 saturated carbocycles. The first kappa shape index (κ1) is 17.1. The standard InChI is InChI=1S/C21H24ClNO2/c1-20-8-6-16-14(15(20)3-4-19(20)25)12-18(23)17-11-13(24)5-9-21(16,17)7-2-10-22/h5,9,11,14-16,18H,3-4,6-8,12,23H2,1H3/t14-,15-,16-,18-,20-,21+/m0/s1. The van der Waals surface area contributed by atoms with Crippen molar-refractivity contribution in [1.29, 1.82) is 0 Å². The molecule has 0 amide bonds. The van der Waals surface area contributed by atoms with Gasteiger partial charge in [0.2, 0.25) is 0 Å². The van der Waals surface area contributed by atoms with Gasteiger partial charge >= 0.3 is 0 Å². The topological polar surface area (TPSA) is 60.2 Å². The monoisotopic (exact) mass is 357 g/mol. The first-order valence-corrected chi connectivity index (χ1v) is 9.63. The van der Waals surface area contributed by atoms with Gasteiger partial charge in [0.25, 0.3) is 0 Å². The maximum absolute atomic E-state index is 12.5. The predicted molar refractivity (Wildman–Crippen MR) is 97.6 cm³/mol. The largest absolute Gasteiger partial charge is 0.324 e. The zero-order valence-corrected chi connectivity index (χ0v) is 15.3. The van der Waals surface area contributed by atoms with Crippen LogP contribution in [0.15, 0.2) is 23.8 Å². The number of fused-ring (bicyclic) bond motifs is 5. The SMILES string of the molecule is C[C@]12CC[C@H]3[C@@H](C[C@H](N)C4=CC(=O)C=C[C@@]43CC#CCl)[C@@H]1CCC2=O. The third-order valence-corrected chi connectivity index (χ3v) is 7.69. The van der Waals surface area contributed by atoms with Gasteiger partial charge in [-0.1, -0.05) is 18.9 Å². The summed E-state index contributed by atoms with van der Waals surface area (Å²) < 4.78 is 0. The Morgan fingerprint density at radius 2 is 2.12 bits per heavy atom. The van der Waals surface area contributed by atoms with E-state index in [0.717, 1.165) is 31.3 Å². The van der Waals surface area contributed by atoms with Crippen LogP contribution in [0.3, 0.4) is 0 Å². The van der Waals surface area contributed by atoms with Gasteiger partial charge in [-0.05, 0) is 72.8 Å². The van der Waals surface area contributed by atoms with Crippen molar-refractivity contribution < 1.29 is 9.59 Å². The zero-order valence-electron chi connectivity index (χ0n) is 14.6. The molecule has 4 aliphatic rings. The van der Waals surface area contributed by atoms with E-state index >= 15 is 0 Å². The van der Waals surface area contributed by atoms with Gasteiger partial charge in [-0.25, -0.2) is 0 Å². The second-order valence-electron chi connectivity index (χ2n) is 8.46. The van der Waals surface area contributed by atoms with Crippen LogP contribution in [-0.2, 0) is 9.59 Å². The fraction of sp³-hybridized carbons (Fsp3) is 0.619. The summed E-state index contributed by atoms with van der Waals surface area (Å²) in [6.45, 7) is 2.16. The Kier molecular flexibility index (Phi) is 3.98. The van der Waals surface area contributed by atoms with Crippen LogP contribution in [-0.4, -0.2) is 17.6 Å². The lowest BCUT2D eigenvalue weighted by molar-refractivity contribution is -0.131. The highest BCUT2D eigenvalue weighted by Gasteiger charge is 2.60. The highest BCUT2D eigenvalue weighted by Crippen LogP contribution is 2.64. The Bertz CT molecular complexity index is 758. The second kappa shape index (κ2) is 5.83. The minimum Gasteiger partial charge on any atom is -0.324 e. The Labute approximate surface area is 154 Å². The second-order valence-corrected chi connectivity index (χ2v) is 8.65. The summed E-state index contributed by atoms with van der Waals surface area (Å²) in [7, 11) is 0. The van der Waals surface area contributed by atoms with Crippen LogP contribution < -0.4 is 5.73 Å². The Morgan fingerprint density at radius 3 is 2.88 bits per heavy atom. The molecule has 0 bridgehead atoms. The van der Waals surface area contributed by atoms with Gasteiger partial charge < -0.3 is 5.73 Å². The normalized spacial score (nSPS) is 45.0. The highest BCUT2D eigenvalue weighted by atomic mass is 35.5. The van der Waals surface area contributed by atoms with Crippen molar-refractivity contribution in [2.75, 3.05) is 0 Å². The van der Waals surface area contributed by atoms with Gasteiger partial charge in [0.15, 0.2) is 5.78 Å². The van der Waals surface area contributed by atoms with Crippen LogP contribution in [0.1, 0.15) is 45.4 Å². The molecule has 0 aromatic rings. The summed E-state index contributed by atoms with van der Waals surface area (Å²) in [5.41, 5.74) is 7.09. The fourth-order valence-electron chi connectivity index (χ4n) is 6.37. The number of rotatable bonds is 1. The quantitative estimate of drug-likeness (QED) is 0.732. The lowest BCUT2D eigenvalue weighted by Gasteiger charge is -2.57. The molecule has 4 heteroatoms. The molecule has 3 nitrogen and oxygen atoms in total. The van der Waals surface area contributed by atoms with Crippen LogP contribution in [0.4, 0.5) is 0 Å². The number of ketones is 2. The van der Waals surface area contributed by atoms with E-state index in [1.54, 1.807) is 12.2 Å². The average Bonchev–Trinajstić information content (AvgIpc) is 2.90. The van der Waals surface area contributed by atoms with Crippen molar-refractivity contribution in [2.24, 2.45) is 34.3 Å². The minimum atomic E-state index is -0.300. The number of carbonyl (C=O) groups excluding carboxylic acids is 2. The summed E-state index contributed by atoms with van der Waals surface area (Å²) in [5, 5.41) is 2.51.